The predicted molar refractivity (Wildman–Crippen MR) is 79.1 cm³/mol. The number of carbonyl (C=O) groups is 1. The molecule has 1 unspecified atom stereocenters. The van der Waals surface area contributed by atoms with Crippen molar-refractivity contribution in [3.05, 3.63) is 47.5 Å². The van der Waals surface area contributed by atoms with Gasteiger partial charge in [-0.25, -0.2) is 9.07 Å². The number of carbonyl (C=O) groups excluding carboxylic acids is 1. The molecule has 6 nitrogen and oxygen atoms in total. The van der Waals surface area contributed by atoms with Crippen LogP contribution in [-0.2, 0) is 6.54 Å². The van der Waals surface area contributed by atoms with Crippen LogP contribution in [-0.4, -0.2) is 50.1 Å². The lowest BCUT2D eigenvalue weighted by Crippen LogP contribution is -2.30. The third kappa shape index (κ3) is 2.61. The van der Waals surface area contributed by atoms with Gasteiger partial charge in [0, 0.05) is 18.5 Å². The van der Waals surface area contributed by atoms with E-state index in [2.05, 4.69) is 10.3 Å². The fraction of sp³-hybridized carbons (Fsp3) is 0.438. The van der Waals surface area contributed by atoms with Crippen LogP contribution in [0.2, 0.25) is 0 Å². The molecule has 2 aromatic rings. The lowest BCUT2D eigenvalue weighted by atomic mass is 10.0. The van der Waals surface area contributed by atoms with Gasteiger partial charge in [-0.05, 0) is 30.5 Å². The van der Waals surface area contributed by atoms with E-state index in [1.807, 2.05) is 0 Å². The SMILES string of the molecule is O=C(c1cn(Cc2cccc(F)c2)nn1)N1CC(O)C2(CC2)C1. The van der Waals surface area contributed by atoms with Gasteiger partial charge in [0.15, 0.2) is 5.69 Å². The number of hydrogen-bond acceptors (Lipinski definition) is 4. The zero-order chi connectivity index (χ0) is 16.0. The number of amides is 1. The highest BCUT2D eigenvalue weighted by Gasteiger charge is 2.55. The molecule has 1 spiro atoms. The second kappa shape index (κ2) is 5.13. The average Bonchev–Trinajstić information content (AvgIpc) is 3.03. The summed E-state index contributed by atoms with van der Waals surface area (Å²) in [6.07, 6.45) is 3.08. The van der Waals surface area contributed by atoms with Gasteiger partial charge in [-0.15, -0.1) is 5.10 Å². The number of hydrogen-bond donors (Lipinski definition) is 1. The summed E-state index contributed by atoms with van der Waals surface area (Å²) in [6.45, 7) is 1.30. The van der Waals surface area contributed by atoms with Crippen LogP contribution in [0.1, 0.15) is 28.9 Å². The molecule has 1 amide bonds. The van der Waals surface area contributed by atoms with Crippen molar-refractivity contribution in [3.8, 4) is 0 Å². The maximum absolute atomic E-state index is 13.2. The fourth-order valence-corrected chi connectivity index (χ4v) is 3.22. The Morgan fingerprint density at radius 1 is 1.43 bits per heavy atom. The van der Waals surface area contributed by atoms with Crippen LogP contribution in [0.5, 0.6) is 0 Å². The summed E-state index contributed by atoms with van der Waals surface area (Å²) in [5.41, 5.74) is 0.932. The second-order valence-electron chi connectivity index (χ2n) is 6.50. The Labute approximate surface area is 132 Å². The van der Waals surface area contributed by atoms with Crippen molar-refractivity contribution < 1.29 is 14.3 Å². The Hall–Kier alpha value is -2.28. The highest BCUT2D eigenvalue weighted by Crippen LogP contribution is 2.52. The molecular weight excluding hydrogens is 299 g/mol. The van der Waals surface area contributed by atoms with Gasteiger partial charge >= 0.3 is 0 Å². The van der Waals surface area contributed by atoms with Crippen LogP contribution >= 0.6 is 0 Å². The molecule has 1 saturated carbocycles. The molecular formula is C16H17FN4O2. The minimum absolute atomic E-state index is 0.0762. The number of halogens is 1. The van der Waals surface area contributed by atoms with E-state index in [9.17, 15) is 14.3 Å². The summed E-state index contributed by atoms with van der Waals surface area (Å²) in [6, 6.07) is 6.23. The van der Waals surface area contributed by atoms with Gasteiger partial charge in [0.1, 0.15) is 5.82 Å². The lowest BCUT2D eigenvalue weighted by molar-refractivity contribution is 0.0758. The van der Waals surface area contributed by atoms with E-state index in [0.717, 1.165) is 18.4 Å². The third-order valence-electron chi connectivity index (χ3n) is 4.78. The van der Waals surface area contributed by atoms with Gasteiger partial charge in [0.2, 0.25) is 0 Å². The lowest BCUT2D eigenvalue weighted by Gasteiger charge is -2.13. The number of aliphatic hydroxyl groups excluding tert-OH is 1. The molecule has 2 aliphatic rings. The van der Waals surface area contributed by atoms with Crippen LogP contribution in [0.15, 0.2) is 30.5 Å². The van der Waals surface area contributed by atoms with Crippen molar-refractivity contribution in [2.24, 2.45) is 5.41 Å². The molecule has 23 heavy (non-hydrogen) atoms. The molecule has 1 aliphatic heterocycles. The molecule has 0 radical (unpaired) electrons. The predicted octanol–water partition coefficient (Wildman–Crippen LogP) is 1.06. The quantitative estimate of drug-likeness (QED) is 0.919. The second-order valence-corrected chi connectivity index (χ2v) is 6.50. The fourth-order valence-electron chi connectivity index (χ4n) is 3.22. The van der Waals surface area contributed by atoms with Gasteiger partial charge in [-0.1, -0.05) is 17.3 Å². The highest BCUT2D eigenvalue weighted by molar-refractivity contribution is 5.92. The first kappa shape index (κ1) is 14.3. The van der Waals surface area contributed by atoms with E-state index in [4.69, 9.17) is 0 Å². The monoisotopic (exact) mass is 316 g/mol. The Bertz CT molecular complexity index is 756. The van der Waals surface area contributed by atoms with Gasteiger partial charge in [-0.3, -0.25) is 4.79 Å². The zero-order valence-electron chi connectivity index (χ0n) is 12.5. The maximum atomic E-state index is 13.2. The van der Waals surface area contributed by atoms with Crippen LogP contribution in [0.4, 0.5) is 4.39 Å². The van der Waals surface area contributed by atoms with E-state index in [1.165, 1.54) is 16.8 Å². The first-order chi connectivity index (χ1) is 11.1. The molecule has 1 aromatic carbocycles. The molecule has 4 rings (SSSR count). The third-order valence-corrected chi connectivity index (χ3v) is 4.78. The molecule has 7 heteroatoms. The minimum Gasteiger partial charge on any atom is -0.391 e. The van der Waals surface area contributed by atoms with Crippen LogP contribution in [0, 0.1) is 11.2 Å². The molecule has 2 fully saturated rings. The van der Waals surface area contributed by atoms with E-state index in [-0.39, 0.29) is 22.8 Å². The van der Waals surface area contributed by atoms with Crippen LogP contribution < -0.4 is 0 Å². The Morgan fingerprint density at radius 3 is 2.96 bits per heavy atom. The molecule has 0 bridgehead atoms. The van der Waals surface area contributed by atoms with Gasteiger partial charge in [-0.2, -0.15) is 0 Å². The van der Waals surface area contributed by atoms with Crippen molar-refractivity contribution in [2.45, 2.75) is 25.5 Å². The number of β-amino-alcohol motifs (C(OH)–C–C–N with tert-alkyl or cyclic N) is 1. The summed E-state index contributed by atoms with van der Waals surface area (Å²) in [5.74, 6) is -0.516. The number of likely N-dealkylation sites (tertiary alicyclic amines) is 1. The zero-order valence-corrected chi connectivity index (χ0v) is 12.5. The number of aliphatic hydroxyl groups is 1. The van der Waals surface area contributed by atoms with E-state index in [1.54, 1.807) is 23.2 Å². The standard InChI is InChI=1S/C16H17FN4O2/c17-12-3-1-2-11(6-12)7-21-8-13(18-19-21)15(23)20-9-14(22)16(10-20)4-5-16/h1-3,6,8,14,22H,4-5,7,9-10H2. The summed E-state index contributed by atoms with van der Waals surface area (Å²) < 4.78 is 14.7. The van der Waals surface area contributed by atoms with Crippen molar-refractivity contribution in [3.63, 3.8) is 0 Å². The van der Waals surface area contributed by atoms with Crippen molar-refractivity contribution in [2.75, 3.05) is 13.1 Å². The largest absolute Gasteiger partial charge is 0.391 e. The van der Waals surface area contributed by atoms with Crippen LogP contribution in [0.25, 0.3) is 0 Å². The molecule has 2 heterocycles. The number of nitrogens with zero attached hydrogens (tertiary/aromatic N) is 4. The Morgan fingerprint density at radius 2 is 2.26 bits per heavy atom. The molecule has 1 atom stereocenters. The topological polar surface area (TPSA) is 71.2 Å². The van der Waals surface area contributed by atoms with Crippen LogP contribution in [0.3, 0.4) is 0 Å². The first-order valence-corrected chi connectivity index (χ1v) is 7.68. The Balaban J connectivity index is 1.46. The number of benzene rings is 1. The minimum atomic E-state index is -0.436. The Kier molecular flexibility index (Phi) is 3.19. The van der Waals surface area contributed by atoms with Gasteiger partial charge < -0.3 is 10.0 Å². The van der Waals surface area contributed by atoms with E-state index < -0.39 is 6.10 Å². The summed E-state index contributed by atoms with van der Waals surface area (Å²) in [7, 11) is 0. The molecule has 120 valence electrons. The summed E-state index contributed by atoms with van der Waals surface area (Å²) in [5, 5.41) is 17.9. The van der Waals surface area contributed by atoms with Gasteiger partial charge in [0.25, 0.3) is 5.91 Å². The number of aromatic nitrogens is 3. The normalized spacial score (nSPS) is 21.8. The van der Waals surface area contributed by atoms with E-state index >= 15 is 0 Å². The highest BCUT2D eigenvalue weighted by atomic mass is 19.1. The first-order valence-electron chi connectivity index (χ1n) is 7.68. The van der Waals surface area contributed by atoms with Crippen molar-refractivity contribution >= 4 is 5.91 Å². The van der Waals surface area contributed by atoms with Crippen molar-refractivity contribution in [1.29, 1.82) is 0 Å². The van der Waals surface area contributed by atoms with E-state index in [0.29, 0.717) is 19.6 Å². The summed E-state index contributed by atoms with van der Waals surface area (Å²) in [4.78, 5) is 14.1. The van der Waals surface area contributed by atoms with Gasteiger partial charge in [0.05, 0.1) is 18.8 Å². The van der Waals surface area contributed by atoms with Crippen molar-refractivity contribution in [1.82, 2.24) is 19.9 Å². The average molecular weight is 316 g/mol. The number of rotatable bonds is 3. The summed E-state index contributed by atoms with van der Waals surface area (Å²) >= 11 is 0. The molecule has 1 N–H and O–H groups in total. The maximum Gasteiger partial charge on any atom is 0.276 e. The molecule has 1 saturated heterocycles. The molecule has 1 aliphatic carbocycles. The molecule has 1 aromatic heterocycles. The smallest absolute Gasteiger partial charge is 0.276 e.